The molecule has 2 N–H and O–H groups in total. The first-order chi connectivity index (χ1) is 14.0. The van der Waals surface area contributed by atoms with Gasteiger partial charge in [0.1, 0.15) is 5.75 Å². The van der Waals surface area contributed by atoms with E-state index in [-0.39, 0.29) is 24.8 Å². The molecular weight excluding hydrogens is 386 g/mol. The summed E-state index contributed by atoms with van der Waals surface area (Å²) in [6.07, 6.45) is 0.496. The van der Waals surface area contributed by atoms with Crippen LogP contribution in [-0.2, 0) is 16.0 Å². The Labute approximate surface area is 173 Å². The number of benzene rings is 2. The summed E-state index contributed by atoms with van der Waals surface area (Å²) in [7, 11) is 1.63. The van der Waals surface area contributed by atoms with Crippen molar-refractivity contribution < 1.29 is 14.3 Å². The number of carbonyl (C=O) groups is 2. The van der Waals surface area contributed by atoms with Crippen LogP contribution in [0.15, 0.2) is 54.6 Å². The normalized spacial score (nSPS) is 10.4. The van der Waals surface area contributed by atoms with E-state index in [1.165, 1.54) is 11.3 Å². The highest BCUT2D eigenvalue weighted by Gasteiger charge is 2.12. The molecule has 29 heavy (non-hydrogen) atoms. The fourth-order valence-corrected chi connectivity index (χ4v) is 3.66. The van der Waals surface area contributed by atoms with Crippen molar-refractivity contribution in [2.45, 2.75) is 19.8 Å². The standard InChI is InChI=1S/C22H23N3O3S/c1-15-21(17-8-10-18(28-2)11-9-17)25-22(29-15)24-19(26)12-13-23-20(27)14-16-6-4-3-5-7-16/h3-11H,12-14H2,1-2H3,(H,23,27)(H,24,25,26). The van der Waals surface area contributed by atoms with Gasteiger partial charge in [-0.3, -0.25) is 9.59 Å². The number of methoxy groups -OCH3 is 1. The van der Waals surface area contributed by atoms with E-state index in [9.17, 15) is 9.59 Å². The van der Waals surface area contributed by atoms with Gasteiger partial charge in [-0.1, -0.05) is 30.3 Å². The number of rotatable bonds is 8. The Hall–Kier alpha value is -3.19. The van der Waals surface area contributed by atoms with Crippen LogP contribution in [0, 0.1) is 6.92 Å². The predicted octanol–water partition coefficient (Wildman–Crippen LogP) is 3.81. The van der Waals surface area contributed by atoms with Gasteiger partial charge in [-0.05, 0) is 36.8 Å². The largest absolute Gasteiger partial charge is 0.497 e. The molecule has 0 spiro atoms. The van der Waals surface area contributed by atoms with Crippen LogP contribution in [0.2, 0.25) is 0 Å². The minimum atomic E-state index is -0.181. The third kappa shape index (κ3) is 5.89. The lowest BCUT2D eigenvalue weighted by Crippen LogP contribution is -2.28. The van der Waals surface area contributed by atoms with Crippen molar-refractivity contribution in [3.63, 3.8) is 0 Å². The van der Waals surface area contributed by atoms with Gasteiger partial charge in [0, 0.05) is 23.4 Å². The lowest BCUT2D eigenvalue weighted by Gasteiger charge is -2.05. The summed E-state index contributed by atoms with van der Waals surface area (Å²) in [6.45, 7) is 2.25. The number of carbonyl (C=O) groups excluding carboxylic acids is 2. The number of thiazole rings is 1. The lowest BCUT2D eigenvalue weighted by atomic mass is 10.1. The van der Waals surface area contributed by atoms with E-state index in [4.69, 9.17) is 4.74 Å². The van der Waals surface area contributed by atoms with E-state index in [0.29, 0.717) is 11.6 Å². The Morgan fingerprint density at radius 3 is 2.45 bits per heavy atom. The molecular formula is C22H23N3O3S. The smallest absolute Gasteiger partial charge is 0.227 e. The molecule has 0 bridgehead atoms. The summed E-state index contributed by atoms with van der Waals surface area (Å²) in [4.78, 5) is 29.7. The van der Waals surface area contributed by atoms with Crippen molar-refractivity contribution in [3.05, 3.63) is 65.0 Å². The topological polar surface area (TPSA) is 80.3 Å². The molecule has 1 aromatic heterocycles. The highest BCUT2D eigenvalue weighted by Crippen LogP contribution is 2.31. The Kier molecular flexibility index (Phi) is 6.97. The molecule has 0 aliphatic carbocycles. The van der Waals surface area contributed by atoms with Crippen LogP contribution in [0.1, 0.15) is 16.9 Å². The zero-order chi connectivity index (χ0) is 20.6. The second-order valence-electron chi connectivity index (χ2n) is 6.46. The number of aryl methyl sites for hydroxylation is 1. The minimum Gasteiger partial charge on any atom is -0.497 e. The summed E-state index contributed by atoms with van der Waals surface area (Å²) in [6, 6.07) is 17.1. The average molecular weight is 410 g/mol. The van der Waals surface area contributed by atoms with Crippen LogP contribution in [0.25, 0.3) is 11.3 Å². The highest BCUT2D eigenvalue weighted by atomic mass is 32.1. The summed E-state index contributed by atoms with van der Waals surface area (Å²) in [5.41, 5.74) is 2.75. The number of amides is 2. The molecule has 3 rings (SSSR count). The molecule has 0 saturated heterocycles. The molecule has 2 aromatic carbocycles. The summed E-state index contributed by atoms with van der Waals surface area (Å²) < 4.78 is 5.18. The molecule has 0 atom stereocenters. The van der Waals surface area contributed by atoms with E-state index in [1.807, 2.05) is 61.5 Å². The van der Waals surface area contributed by atoms with Crippen molar-refractivity contribution >= 4 is 28.3 Å². The number of ether oxygens (including phenoxy) is 1. The van der Waals surface area contributed by atoms with Crippen molar-refractivity contribution in [2.24, 2.45) is 0 Å². The van der Waals surface area contributed by atoms with Gasteiger partial charge >= 0.3 is 0 Å². The molecule has 3 aromatic rings. The number of nitrogens with zero attached hydrogens (tertiary/aromatic N) is 1. The first-order valence-electron chi connectivity index (χ1n) is 9.27. The van der Waals surface area contributed by atoms with Gasteiger partial charge in [0.15, 0.2) is 5.13 Å². The number of hydrogen-bond donors (Lipinski definition) is 2. The number of nitrogens with one attached hydrogen (secondary N) is 2. The molecule has 0 unspecified atom stereocenters. The Morgan fingerprint density at radius 2 is 1.76 bits per heavy atom. The predicted molar refractivity (Wildman–Crippen MR) is 115 cm³/mol. The molecule has 0 radical (unpaired) electrons. The maximum Gasteiger partial charge on any atom is 0.227 e. The lowest BCUT2D eigenvalue weighted by molar-refractivity contribution is -0.120. The van der Waals surface area contributed by atoms with Crippen LogP contribution < -0.4 is 15.4 Å². The maximum absolute atomic E-state index is 12.2. The first kappa shape index (κ1) is 20.5. The molecule has 6 nitrogen and oxygen atoms in total. The summed E-state index contributed by atoms with van der Waals surface area (Å²) >= 11 is 1.43. The van der Waals surface area contributed by atoms with E-state index in [1.54, 1.807) is 7.11 Å². The molecule has 0 saturated carbocycles. The first-order valence-corrected chi connectivity index (χ1v) is 10.1. The third-order valence-corrected chi connectivity index (χ3v) is 5.17. The fourth-order valence-electron chi connectivity index (χ4n) is 2.81. The molecule has 7 heteroatoms. The Bertz CT molecular complexity index is 969. The molecule has 2 amide bonds. The minimum absolute atomic E-state index is 0.101. The summed E-state index contributed by atoms with van der Waals surface area (Å²) in [5, 5.41) is 6.13. The Balaban J connectivity index is 1.48. The van der Waals surface area contributed by atoms with Gasteiger partial charge in [0.25, 0.3) is 0 Å². The fraction of sp³-hybridized carbons (Fsp3) is 0.227. The molecule has 1 heterocycles. The SMILES string of the molecule is COc1ccc(-c2nc(NC(=O)CCNC(=O)Cc3ccccc3)sc2C)cc1. The molecule has 0 fully saturated rings. The second kappa shape index (κ2) is 9.84. The van der Waals surface area contributed by atoms with E-state index in [0.717, 1.165) is 27.4 Å². The third-order valence-electron chi connectivity index (χ3n) is 4.29. The van der Waals surface area contributed by atoms with Gasteiger partial charge < -0.3 is 15.4 Å². The Morgan fingerprint density at radius 1 is 1.03 bits per heavy atom. The number of anilines is 1. The quantitative estimate of drug-likeness (QED) is 0.593. The van der Waals surface area contributed by atoms with Gasteiger partial charge in [-0.2, -0.15) is 0 Å². The summed E-state index contributed by atoms with van der Waals surface area (Å²) in [5.74, 6) is 0.500. The van der Waals surface area contributed by atoms with Crippen molar-refractivity contribution in [2.75, 3.05) is 19.0 Å². The van der Waals surface area contributed by atoms with Crippen LogP contribution in [0.4, 0.5) is 5.13 Å². The zero-order valence-electron chi connectivity index (χ0n) is 16.4. The second-order valence-corrected chi connectivity index (χ2v) is 7.67. The molecule has 0 aliphatic rings. The van der Waals surface area contributed by atoms with Gasteiger partial charge in [-0.25, -0.2) is 4.98 Å². The zero-order valence-corrected chi connectivity index (χ0v) is 17.2. The van der Waals surface area contributed by atoms with Crippen molar-refractivity contribution in [1.82, 2.24) is 10.3 Å². The van der Waals surface area contributed by atoms with E-state index < -0.39 is 0 Å². The van der Waals surface area contributed by atoms with Crippen molar-refractivity contribution in [3.8, 4) is 17.0 Å². The monoisotopic (exact) mass is 409 g/mol. The molecule has 150 valence electrons. The number of aromatic nitrogens is 1. The van der Waals surface area contributed by atoms with Gasteiger partial charge in [-0.15, -0.1) is 11.3 Å². The van der Waals surface area contributed by atoms with Crippen molar-refractivity contribution in [1.29, 1.82) is 0 Å². The van der Waals surface area contributed by atoms with Crippen LogP contribution in [0.3, 0.4) is 0 Å². The van der Waals surface area contributed by atoms with Gasteiger partial charge in [0.05, 0.1) is 19.2 Å². The van der Waals surface area contributed by atoms with Gasteiger partial charge in [0.2, 0.25) is 11.8 Å². The highest BCUT2D eigenvalue weighted by molar-refractivity contribution is 7.16. The van der Waals surface area contributed by atoms with Crippen LogP contribution in [-0.4, -0.2) is 30.5 Å². The van der Waals surface area contributed by atoms with E-state index >= 15 is 0 Å². The molecule has 0 aliphatic heterocycles. The van der Waals surface area contributed by atoms with Crippen LogP contribution >= 0.6 is 11.3 Å². The maximum atomic E-state index is 12.2. The average Bonchev–Trinajstić information content (AvgIpc) is 3.08. The number of hydrogen-bond acceptors (Lipinski definition) is 5. The van der Waals surface area contributed by atoms with Crippen LogP contribution in [0.5, 0.6) is 5.75 Å². The van der Waals surface area contributed by atoms with E-state index in [2.05, 4.69) is 15.6 Å².